The predicted octanol–water partition coefficient (Wildman–Crippen LogP) is 2.39. The Kier molecular flexibility index (Phi) is 4.11. The van der Waals surface area contributed by atoms with E-state index in [2.05, 4.69) is 36.9 Å². The van der Waals surface area contributed by atoms with Crippen molar-refractivity contribution in [1.29, 1.82) is 0 Å². The first kappa shape index (κ1) is 12.5. The molecule has 0 aromatic rings. The van der Waals surface area contributed by atoms with Crippen LogP contribution >= 0.6 is 0 Å². The van der Waals surface area contributed by atoms with Gasteiger partial charge in [0.15, 0.2) is 0 Å². The molecule has 2 unspecified atom stereocenters. The Labute approximate surface area is 104 Å². The van der Waals surface area contributed by atoms with Crippen LogP contribution in [0.2, 0.25) is 0 Å². The van der Waals surface area contributed by atoms with Crippen LogP contribution in [0.4, 0.5) is 0 Å². The summed E-state index contributed by atoms with van der Waals surface area (Å²) in [7, 11) is 2.19. The fraction of sp³-hybridized carbons (Fsp3) is 0.714. The van der Waals surface area contributed by atoms with Gasteiger partial charge in [-0.3, -0.25) is 9.98 Å². The highest BCUT2D eigenvalue weighted by molar-refractivity contribution is 5.99. The fourth-order valence-electron chi connectivity index (χ4n) is 2.35. The second-order valence-corrected chi connectivity index (χ2v) is 5.35. The minimum atomic E-state index is 0.481. The van der Waals surface area contributed by atoms with E-state index < -0.39 is 0 Å². The smallest absolute Gasteiger partial charge is 0.0527 e. The molecule has 0 radical (unpaired) electrons. The summed E-state index contributed by atoms with van der Waals surface area (Å²) in [6.07, 6.45) is 8.38. The maximum absolute atomic E-state index is 4.94. The van der Waals surface area contributed by atoms with E-state index in [4.69, 9.17) is 4.99 Å². The molecule has 0 N–H and O–H groups in total. The third-order valence-corrected chi connectivity index (χ3v) is 3.93. The van der Waals surface area contributed by atoms with Gasteiger partial charge in [-0.1, -0.05) is 13.8 Å². The molecular weight excluding hydrogens is 210 g/mol. The summed E-state index contributed by atoms with van der Waals surface area (Å²) in [5, 5.41) is 0. The number of allylic oxidation sites excluding steroid dienone is 1. The van der Waals surface area contributed by atoms with Gasteiger partial charge in [0.2, 0.25) is 0 Å². The molecule has 2 atom stereocenters. The van der Waals surface area contributed by atoms with Crippen molar-refractivity contribution >= 4 is 11.9 Å². The molecule has 2 heterocycles. The Hall–Kier alpha value is -0.960. The first-order valence-corrected chi connectivity index (χ1v) is 6.63. The van der Waals surface area contributed by atoms with Crippen molar-refractivity contribution in [3.05, 3.63) is 12.3 Å². The Balaban J connectivity index is 2.05. The Morgan fingerprint density at radius 3 is 2.71 bits per heavy atom. The Morgan fingerprint density at radius 1 is 1.29 bits per heavy atom. The SMILES string of the molecule is CC1C=NC=CC(=NC2CCN(C)CC2)C1C. The highest BCUT2D eigenvalue weighted by atomic mass is 15.1. The highest BCUT2D eigenvalue weighted by Crippen LogP contribution is 2.19. The Bertz CT molecular complexity index is 335. The van der Waals surface area contributed by atoms with Crippen molar-refractivity contribution in [3.8, 4) is 0 Å². The summed E-state index contributed by atoms with van der Waals surface area (Å²) in [6.45, 7) is 6.81. The average molecular weight is 233 g/mol. The third-order valence-electron chi connectivity index (χ3n) is 3.93. The van der Waals surface area contributed by atoms with Crippen molar-refractivity contribution in [2.75, 3.05) is 20.1 Å². The van der Waals surface area contributed by atoms with Crippen molar-refractivity contribution in [3.63, 3.8) is 0 Å². The van der Waals surface area contributed by atoms with E-state index >= 15 is 0 Å². The van der Waals surface area contributed by atoms with E-state index in [0.717, 1.165) is 0 Å². The maximum atomic E-state index is 4.94. The van der Waals surface area contributed by atoms with Crippen LogP contribution in [0.15, 0.2) is 22.3 Å². The number of likely N-dealkylation sites (tertiary alicyclic amines) is 1. The summed E-state index contributed by atoms with van der Waals surface area (Å²) < 4.78 is 0. The fourth-order valence-corrected chi connectivity index (χ4v) is 2.35. The number of aliphatic imine (C=N–C) groups is 2. The van der Waals surface area contributed by atoms with Gasteiger partial charge in [0, 0.05) is 24.0 Å². The molecule has 2 aliphatic rings. The van der Waals surface area contributed by atoms with Gasteiger partial charge in [-0.05, 0) is 45.0 Å². The molecule has 2 rings (SSSR count). The molecule has 2 aliphatic heterocycles. The minimum Gasteiger partial charge on any atom is -0.306 e. The molecule has 0 aromatic heterocycles. The van der Waals surface area contributed by atoms with Crippen LogP contribution < -0.4 is 0 Å². The van der Waals surface area contributed by atoms with Crippen molar-refractivity contribution < 1.29 is 0 Å². The molecule has 3 heteroatoms. The van der Waals surface area contributed by atoms with E-state index in [1.54, 1.807) is 0 Å². The van der Waals surface area contributed by atoms with Gasteiger partial charge >= 0.3 is 0 Å². The van der Waals surface area contributed by atoms with E-state index in [-0.39, 0.29) is 0 Å². The van der Waals surface area contributed by atoms with Gasteiger partial charge in [-0.2, -0.15) is 0 Å². The lowest BCUT2D eigenvalue weighted by atomic mass is 9.92. The standard InChI is InChI=1S/C14H23N3/c1-11-10-15-7-4-14(12(11)2)16-13-5-8-17(3)9-6-13/h4,7,10-13H,5-6,8-9H2,1-3H3. The number of piperidine rings is 1. The molecular formula is C14H23N3. The van der Waals surface area contributed by atoms with Gasteiger partial charge in [-0.15, -0.1) is 0 Å². The molecule has 1 saturated heterocycles. The van der Waals surface area contributed by atoms with Gasteiger partial charge < -0.3 is 4.90 Å². The largest absolute Gasteiger partial charge is 0.306 e. The van der Waals surface area contributed by atoms with Gasteiger partial charge in [0.05, 0.1) is 6.04 Å². The van der Waals surface area contributed by atoms with E-state index in [1.165, 1.54) is 31.6 Å². The summed E-state index contributed by atoms with van der Waals surface area (Å²) in [6, 6.07) is 0.513. The summed E-state index contributed by atoms with van der Waals surface area (Å²) in [5.41, 5.74) is 1.23. The van der Waals surface area contributed by atoms with Crippen LogP contribution in [0.25, 0.3) is 0 Å². The summed E-state index contributed by atoms with van der Waals surface area (Å²) >= 11 is 0. The lowest BCUT2D eigenvalue weighted by molar-refractivity contribution is 0.257. The van der Waals surface area contributed by atoms with Crippen molar-refractivity contribution in [2.45, 2.75) is 32.7 Å². The monoisotopic (exact) mass is 233 g/mol. The molecule has 94 valence electrons. The number of rotatable bonds is 1. The van der Waals surface area contributed by atoms with Crippen LogP contribution in [0.1, 0.15) is 26.7 Å². The third kappa shape index (κ3) is 3.25. The molecule has 0 saturated carbocycles. The average Bonchev–Trinajstić information content (AvgIpc) is 2.48. The lowest BCUT2D eigenvalue weighted by Gasteiger charge is -2.27. The second-order valence-electron chi connectivity index (χ2n) is 5.35. The molecule has 0 amide bonds. The second kappa shape index (κ2) is 5.58. The molecule has 0 spiro atoms. The van der Waals surface area contributed by atoms with Gasteiger partial charge in [-0.25, -0.2) is 0 Å². The normalized spacial score (nSPS) is 34.2. The molecule has 1 fully saturated rings. The highest BCUT2D eigenvalue weighted by Gasteiger charge is 2.20. The van der Waals surface area contributed by atoms with Crippen molar-refractivity contribution in [1.82, 2.24) is 4.90 Å². The number of nitrogens with zero attached hydrogens (tertiary/aromatic N) is 3. The summed E-state index contributed by atoms with van der Waals surface area (Å²) in [5.74, 6) is 0.965. The molecule has 3 nitrogen and oxygen atoms in total. The topological polar surface area (TPSA) is 28.0 Å². The number of hydrogen-bond donors (Lipinski definition) is 0. The van der Waals surface area contributed by atoms with Crippen LogP contribution in [0.3, 0.4) is 0 Å². The van der Waals surface area contributed by atoms with Crippen molar-refractivity contribution in [2.24, 2.45) is 21.8 Å². The maximum Gasteiger partial charge on any atom is 0.0527 e. The van der Waals surface area contributed by atoms with Crippen LogP contribution in [-0.4, -0.2) is 43.0 Å². The zero-order valence-electron chi connectivity index (χ0n) is 11.1. The zero-order chi connectivity index (χ0) is 12.3. The van der Waals surface area contributed by atoms with E-state index in [0.29, 0.717) is 17.9 Å². The van der Waals surface area contributed by atoms with Gasteiger partial charge in [0.25, 0.3) is 0 Å². The Morgan fingerprint density at radius 2 is 2.00 bits per heavy atom. The van der Waals surface area contributed by atoms with Crippen LogP contribution in [0.5, 0.6) is 0 Å². The molecule has 0 aliphatic carbocycles. The first-order valence-electron chi connectivity index (χ1n) is 6.63. The number of hydrogen-bond acceptors (Lipinski definition) is 3. The lowest BCUT2D eigenvalue weighted by Crippen LogP contribution is -2.33. The zero-order valence-corrected chi connectivity index (χ0v) is 11.1. The quantitative estimate of drug-likeness (QED) is 0.683. The molecule has 17 heavy (non-hydrogen) atoms. The first-order chi connectivity index (χ1) is 8.16. The molecule has 0 aromatic carbocycles. The van der Waals surface area contributed by atoms with Crippen LogP contribution in [0, 0.1) is 11.8 Å². The van der Waals surface area contributed by atoms with Gasteiger partial charge in [0.1, 0.15) is 0 Å². The van der Waals surface area contributed by atoms with Crippen LogP contribution in [-0.2, 0) is 0 Å². The van der Waals surface area contributed by atoms with E-state index in [1.807, 2.05) is 12.4 Å². The summed E-state index contributed by atoms with van der Waals surface area (Å²) in [4.78, 5) is 11.6. The van der Waals surface area contributed by atoms with E-state index in [9.17, 15) is 0 Å². The minimum absolute atomic E-state index is 0.481. The molecule has 0 bridgehead atoms. The predicted molar refractivity (Wildman–Crippen MR) is 73.9 cm³/mol.